The lowest BCUT2D eigenvalue weighted by atomic mass is 10.2. The summed E-state index contributed by atoms with van der Waals surface area (Å²) in [6.07, 6.45) is 0.612. The van der Waals surface area contributed by atoms with E-state index >= 15 is 0 Å². The number of nitrogens with zero attached hydrogens (tertiary/aromatic N) is 1. The molecule has 1 aromatic rings. The predicted molar refractivity (Wildman–Crippen MR) is 59.5 cm³/mol. The molecule has 16 heavy (non-hydrogen) atoms. The lowest BCUT2D eigenvalue weighted by Gasteiger charge is -1.98. The fourth-order valence-corrected chi connectivity index (χ4v) is 2.33. The number of hydrogen-bond donors (Lipinski definition) is 1. The Kier molecular flexibility index (Phi) is 5.37. The third-order valence-electron chi connectivity index (χ3n) is 1.94. The number of carboxylic acid groups (broad SMARTS) is 1. The van der Waals surface area contributed by atoms with E-state index in [-0.39, 0.29) is 6.42 Å². The van der Waals surface area contributed by atoms with Gasteiger partial charge in [-0.25, -0.2) is 4.98 Å². The zero-order valence-electron chi connectivity index (χ0n) is 9.36. The van der Waals surface area contributed by atoms with Crippen molar-refractivity contribution in [3.63, 3.8) is 0 Å². The highest BCUT2D eigenvalue weighted by Gasteiger charge is 2.12. The highest BCUT2D eigenvalue weighted by atomic mass is 32.1. The first-order valence-electron chi connectivity index (χ1n) is 4.84. The Morgan fingerprint density at radius 3 is 2.62 bits per heavy atom. The standard InChI is InChI=1S/C10H15NO4S/c1-14-5-7-8(3-4-10(12)13)16-9(11-7)6-15-2/h3-6H2,1-2H3,(H,12,13). The number of thiazole rings is 1. The highest BCUT2D eigenvalue weighted by molar-refractivity contribution is 7.11. The minimum Gasteiger partial charge on any atom is -0.481 e. The molecule has 1 N–H and O–H groups in total. The number of aryl methyl sites for hydroxylation is 1. The van der Waals surface area contributed by atoms with Crippen LogP contribution >= 0.6 is 11.3 Å². The summed E-state index contributed by atoms with van der Waals surface area (Å²) >= 11 is 1.49. The topological polar surface area (TPSA) is 68.7 Å². The van der Waals surface area contributed by atoms with Gasteiger partial charge in [-0.1, -0.05) is 0 Å². The van der Waals surface area contributed by atoms with Crippen molar-refractivity contribution in [1.29, 1.82) is 0 Å². The smallest absolute Gasteiger partial charge is 0.303 e. The molecule has 0 saturated carbocycles. The Morgan fingerprint density at radius 1 is 1.38 bits per heavy atom. The molecule has 0 unspecified atom stereocenters. The molecule has 0 amide bonds. The quantitative estimate of drug-likeness (QED) is 0.787. The number of ether oxygens (including phenoxy) is 2. The van der Waals surface area contributed by atoms with Crippen molar-refractivity contribution in [2.45, 2.75) is 26.1 Å². The maximum absolute atomic E-state index is 10.5. The van der Waals surface area contributed by atoms with Crippen LogP contribution in [0.3, 0.4) is 0 Å². The van der Waals surface area contributed by atoms with Gasteiger partial charge in [0, 0.05) is 19.1 Å². The lowest BCUT2D eigenvalue weighted by molar-refractivity contribution is -0.136. The molecule has 0 aliphatic rings. The first-order chi connectivity index (χ1) is 7.67. The van der Waals surface area contributed by atoms with Crippen LogP contribution in [0.25, 0.3) is 0 Å². The molecule has 0 atom stereocenters. The van der Waals surface area contributed by atoms with E-state index in [9.17, 15) is 4.79 Å². The van der Waals surface area contributed by atoms with Crippen molar-refractivity contribution in [2.24, 2.45) is 0 Å². The predicted octanol–water partition coefficient (Wildman–Crippen LogP) is 1.45. The molecule has 90 valence electrons. The normalized spacial score (nSPS) is 10.6. The van der Waals surface area contributed by atoms with Crippen LogP contribution < -0.4 is 0 Å². The van der Waals surface area contributed by atoms with Gasteiger partial charge in [0.2, 0.25) is 0 Å². The fraction of sp³-hybridized carbons (Fsp3) is 0.600. The van der Waals surface area contributed by atoms with E-state index in [1.54, 1.807) is 14.2 Å². The molecule has 0 fully saturated rings. The molecule has 1 aromatic heterocycles. The number of carboxylic acids is 1. The molecule has 6 heteroatoms. The fourth-order valence-electron chi connectivity index (χ4n) is 1.29. The molecule has 0 saturated heterocycles. The van der Waals surface area contributed by atoms with Gasteiger partial charge in [-0.15, -0.1) is 11.3 Å². The average molecular weight is 245 g/mol. The number of aromatic nitrogens is 1. The van der Waals surface area contributed by atoms with Crippen molar-refractivity contribution in [2.75, 3.05) is 14.2 Å². The molecular weight excluding hydrogens is 230 g/mol. The van der Waals surface area contributed by atoms with E-state index in [0.29, 0.717) is 19.6 Å². The maximum Gasteiger partial charge on any atom is 0.303 e. The summed E-state index contributed by atoms with van der Waals surface area (Å²) in [5, 5.41) is 9.49. The van der Waals surface area contributed by atoms with Crippen molar-refractivity contribution in [1.82, 2.24) is 4.98 Å². The van der Waals surface area contributed by atoms with E-state index < -0.39 is 5.97 Å². The minimum absolute atomic E-state index is 0.116. The molecule has 1 heterocycles. The summed E-state index contributed by atoms with van der Waals surface area (Å²) in [5.41, 5.74) is 0.820. The maximum atomic E-state index is 10.5. The lowest BCUT2D eigenvalue weighted by Crippen LogP contribution is -1.99. The van der Waals surface area contributed by atoms with E-state index in [1.807, 2.05) is 0 Å². The van der Waals surface area contributed by atoms with Crippen LogP contribution in [-0.4, -0.2) is 30.3 Å². The van der Waals surface area contributed by atoms with Crippen molar-refractivity contribution in [3.8, 4) is 0 Å². The van der Waals surface area contributed by atoms with E-state index in [1.165, 1.54) is 11.3 Å². The molecule has 0 aliphatic heterocycles. The summed E-state index contributed by atoms with van der Waals surface area (Å²) < 4.78 is 10.0. The van der Waals surface area contributed by atoms with Gasteiger partial charge < -0.3 is 14.6 Å². The Hall–Kier alpha value is -0.980. The largest absolute Gasteiger partial charge is 0.481 e. The molecule has 0 radical (unpaired) electrons. The summed E-state index contributed by atoms with van der Waals surface area (Å²) in [6, 6.07) is 0. The summed E-state index contributed by atoms with van der Waals surface area (Å²) in [7, 11) is 3.20. The Morgan fingerprint density at radius 2 is 2.06 bits per heavy atom. The zero-order valence-corrected chi connectivity index (χ0v) is 10.2. The molecule has 1 rings (SSSR count). The highest BCUT2D eigenvalue weighted by Crippen LogP contribution is 2.21. The van der Waals surface area contributed by atoms with E-state index in [4.69, 9.17) is 14.6 Å². The van der Waals surface area contributed by atoms with Gasteiger partial charge in [0.15, 0.2) is 0 Å². The number of methoxy groups -OCH3 is 2. The second kappa shape index (κ2) is 6.57. The average Bonchev–Trinajstić information content (AvgIpc) is 2.59. The van der Waals surface area contributed by atoms with Gasteiger partial charge >= 0.3 is 5.97 Å². The van der Waals surface area contributed by atoms with Crippen LogP contribution in [0.2, 0.25) is 0 Å². The van der Waals surface area contributed by atoms with Crippen LogP contribution in [-0.2, 0) is 33.9 Å². The molecular formula is C10H15NO4S. The van der Waals surface area contributed by atoms with Crippen LogP contribution in [0.15, 0.2) is 0 Å². The first kappa shape index (κ1) is 13.1. The Bertz CT molecular complexity index is 351. The van der Waals surface area contributed by atoms with E-state index in [2.05, 4.69) is 4.98 Å². The number of rotatable bonds is 7. The van der Waals surface area contributed by atoms with Gasteiger partial charge in [0.1, 0.15) is 5.01 Å². The van der Waals surface area contributed by atoms with Crippen molar-refractivity contribution < 1.29 is 19.4 Å². The minimum atomic E-state index is -0.801. The van der Waals surface area contributed by atoms with Crippen molar-refractivity contribution in [3.05, 3.63) is 15.6 Å². The molecule has 0 aliphatic carbocycles. The third kappa shape index (κ3) is 3.88. The van der Waals surface area contributed by atoms with Crippen LogP contribution in [0.1, 0.15) is 22.0 Å². The number of aliphatic carboxylic acids is 1. The monoisotopic (exact) mass is 245 g/mol. The van der Waals surface area contributed by atoms with Crippen LogP contribution in [0, 0.1) is 0 Å². The number of carbonyl (C=O) groups is 1. The first-order valence-corrected chi connectivity index (χ1v) is 5.66. The van der Waals surface area contributed by atoms with Crippen LogP contribution in [0.4, 0.5) is 0 Å². The van der Waals surface area contributed by atoms with Gasteiger partial charge in [0.25, 0.3) is 0 Å². The molecule has 0 spiro atoms. The Labute approximate surface area is 98.0 Å². The van der Waals surface area contributed by atoms with Crippen molar-refractivity contribution >= 4 is 17.3 Å². The summed E-state index contributed by atoms with van der Waals surface area (Å²) in [5.74, 6) is -0.801. The SMILES string of the molecule is COCc1nc(COC)c(CCC(=O)O)s1. The van der Waals surface area contributed by atoms with Gasteiger partial charge in [-0.2, -0.15) is 0 Å². The third-order valence-corrected chi connectivity index (χ3v) is 3.07. The molecule has 5 nitrogen and oxygen atoms in total. The second-order valence-corrected chi connectivity index (χ2v) is 4.41. The summed E-state index contributed by atoms with van der Waals surface area (Å²) in [4.78, 5) is 15.8. The van der Waals surface area contributed by atoms with Gasteiger partial charge in [0.05, 0.1) is 25.3 Å². The second-order valence-electron chi connectivity index (χ2n) is 3.24. The van der Waals surface area contributed by atoms with Gasteiger partial charge in [-0.05, 0) is 6.42 Å². The van der Waals surface area contributed by atoms with Crippen LogP contribution in [0.5, 0.6) is 0 Å². The summed E-state index contributed by atoms with van der Waals surface area (Å²) in [6.45, 7) is 0.865. The zero-order chi connectivity index (χ0) is 12.0. The number of hydrogen-bond acceptors (Lipinski definition) is 5. The van der Waals surface area contributed by atoms with E-state index in [0.717, 1.165) is 15.6 Å². The molecule has 0 bridgehead atoms. The Balaban J connectivity index is 2.73. The molecule has 0 aromatic carbocycles. The van der Waals surface area contributed by atoms with Gasteiger partial charge in [-0.3, -0.25) is 4.79 Å².